The molecule has 0 aliphatic heterocycles. The Labute approximate surface area is 183 Å². The van der Waals surface area contributed by atoms with Gasteiger partial charge in [0.1, 0.15) is 16.5 Å². The topological polar surface area (TPSA) is 39.9 Å². The minimum atomic E-state index is -4.67. The van der Waals surface area contributed by atoms with Gasteiger partial charge in [0, 0.05) is 0 Å². The molecule has 162 valence electrons. The molecule has 4 nitrogen and oxygen atoms in total. The molecule has 3 rings (SSSR count). The normalized spacial score (nSPS) is 21.0. The highest BCUT2D eigenvalue weighted by Crippen LogP contribution is 2.60. The van der Waals surface area contributed by atoms with E-state index in [1.54, 1.807) is 50.2 Å². The second-order valence-electron chi connectivity index (χ2n) is 7.74. The molecule has 1 fully saturated rings. The first kappa shape index (κ1) is 22.7. The molecule has 0 radical (unpaired) electrons. The maximum Gasteiger partial charge on any atom is 0.426 e. The van der Waals surface area contributed by atoms with Gasteiger partial charge in [0.15, 0.2) is 0 Å². The van der Waals surface area contributed by atoms with Crippen LogP contribution in [0, 0.1) is 23.8 Å². The largest absolute Gasteiger partial charge is 0.457 e. The molecular formula is C23H19ClF3NO3. The Morgan fingerprint density at radius 1 is 1.16 bits per heavy atom. The van der Waals surface area contributed by atoms with E-state index in [0.29, 0.717) is 17.1 Å². The van der Waals surface area contributed by atoms with Crippen LogP contribution in [0.4, 0.5) is 13.2 Å². The number of carbonyl (C=O) groups is 1. The Morgan fingerprint density at radius 3 is 2.42 bits per heavy atom. The number of hydrogen-bond donors (Lipinski definition) is 0. The van der Waals surface area contributed by atoms with Crippen molar-refractivity contribution in [3.05, 3.63) is 82.7 Å². The third kappa shape index (κ3) is 5.20. The lowest BCUT2D eigenvalue weighted by Crippen LogP contribution is -2.14. The quantitative estimate of drug-likeness (QED) is 0.356. The summed E-state index contributed by atoms with van der Waals surface area (Å²) in [5.74, 6) is -1.23. The van der Waals surface area contributed by atoms with Crippen molar-refractivity contribution in [3.8, 4) is 11.5 Å². The van der Waals surface area contributed by atoms with Crippen LogP contribution in [0.2, 0.25) is 0 Å². The van der Waals surface area contributed by atoms with E-state index in [1.165, 1.54) is 0 Å². The van der Waals surface area contributed by atoms with E-state index >= 15 is 0 Å². The highest BCUT2D eigenvalue weighted by atomic mass is 35.5. The maximum absolute atomic E-state index is 12.7. The number of benzene rings is 2. The summed E-state index contributed by atoms with van der Waals surface area (Å²) in [5.41, 5.74) is -0.358. The zero-order valence-corrected chi connectivity index (χ0v) is 17.4. The van der Waals surface area contributed by atoms with Gasteiger partial charge >= 0.3 is 18.4 Å². The summed E-state index contributed by atoms with van der Waals surface area (Å²) >= 11 is 5.32. The van der Waals surface area contributed by atoms with Gasteiger partial charge in [-0.2, -0.15) is 13.2 Å². The molecule has 1 unspecified atom stereocenters. The Balaban J connectivity index is 1.72. The third-order valence-electron chi connectivity index (χ3n) is 5.23. The predicted molar refractivity (Wildman–Crippen MR) is 109 cm³/mol. The highest BCUT2D eigenvalue weighted by Gasteiger charge is 2.62. The molecule has 0 bridgehead atoms. The van der Waals surface area contributed by atoms with Crippen molar-refractivity contribution in [1.29, 1.82) is 0 Å². The highest BCUT2D eigenvalue weighted by molar-refractivity contribution is 6.30. The summed E-state index contributed by atoms with van der Waals surface area (Å²) in [4.78, 5) is 16.0. The molecule has 2 aromatic rings. The molecular weight excluding hydrogens is 431 g/mol. The summed E-state index contributed by atoms with van der Waals surface area (Å²) in [6, 6.07) is 15.6. The van der Waals surface area contributed by atoms with Gasteiger partial charge in [-0.05, 0) is 41.7 Å². The molecule has 1 aliphatic carbocycles. The lowest BCUT2D eigenvalue weighted by Gasteiger charge is -2.10. The first-order valence-electron chi connectivity index (χ1n) is 9.38. The van der Waals surface area contributed by atoms with Crippen LogP contribution in [-0.2, 0) is 9.53 Å². The number of carbonyl (C=O) groups excluding carboxylic acids is 1. The van der Waals surface area contributed by atoms with Gasteiger partial charge in [-0.15, -0.1) is 0 Å². The fourth-order valence-electron chi connectivity index (χ4n) is 3.40. The average Bonchev–Trinajstić information content (AvgIpc) is 3.26. The molecule has 31 heavy (non-hydrogen) atoms. The molecule has 3 atom stereocenters. The lowest BCUT2D eigenvalue weighted by atomic mass is 10.1. The first-order valence-corrected chi connectivity index (χ1v) is 9.76. The van der Waals surface area contributed by atoms with Gasteiger partial charge in [0.05, 0.1) is 11.5 Å². The second-order valence-corrected chi connectivity index (χ2v) is 8.15. The standard InChI is InChI=1S/C23H19ClF3NO3/c1-22(2)17(13-18(24)23(25,26)27)19(22)21(29)31-20(28-3)14-8-7-11-16(12-14)30-15-9-5-4-6-10-15/h4-13,17,19-20H,1-2H3/t17-,19-,20?/m0/s1. The van der Waals surface area contributed by atoms with E-state index in [0.717, 1.165) is 6.08 Å². The molecule has 1 saturated carbocycles. The molecule has 1 aliphatic rings. The van der Waals surface area contributed by atoms with Crippen molar-refractivity contribution in [3.63, 3.8) is 0 Å². The van der Waals surface area contributed by atoms with E-state index in [9.17, 15) is 18.0 Å². The van der Waals surface area contributed by atoms with Crippen LogP contribution in [-0.4, -0.2) is 12.1 Å². The zero-order chi connectivity index (χ0) is 22.8. The zero-order valence-electron chi connectivity index (χ0n) is 16.7. The van der Waals surface area contributed by atoms with Crippen molar-refractivity contribution in [2.45, 2.75) is 26.3 Å². The van der Waals surface area contributed by atoms with E-state index < -0.39 is 40.7 Å². The van der Waals surface area contributed by atoms with Crippen LogP contribution in [0.25, 0.3) is 4.85 Å². The van der Waals surface area contributed by atoms with Crippen LogP contribution in [0.15, 0.2) is 65.7 Å². The molecule has 2 aromatic carbocycles. The number of allylic oxidation sites excluding steroid dienone is 2. The Hall–Kier alpha value is -2.98. The first-order chi connectivity index (χ1) is 14.5. The number of ether oxygens (including phenoxy) is 2. The number of alkyl halides is 3. The van der Waals surface area contributed by atoms with Gasteiger partial charge in [-0.1, -0.05) is 55.8 Å². The second kappa shape index (κ2) is 8.64. The third-order valence-corrected chi connectivity index (χ3v) is 5.57. The summed E-state index contributed by atoms with van der Waals surface area (Å²) in [6.45, 7) is 10.7. The molecule has 0 aromatic heterocycles. The minimum absolute atomic E-state index is 0.399. The van der Waals surface area contributed by atoms with Crippen molar-refractivity contribution >= 4 is 17.6 Å². The van der Waals surface area contributed by atoms with Crippen LogP contribution >= 0.6 is 11.6 Å². The SMILES string of the molecule is [C-]#[N+]C(OC(=O)[C@@H]1[C@H](C=C(Cl)C(F)(F)F)C1(C)C)c1cccc(Oc2ccccc2)c1. The van der Waals surface area contributed by atoms with Crippen molar-refractivity contribution in [1.82, 2.24) is 0 Å². The fourth-order valence-corrected chi connectivity index (χ4v) is 3.54. The Kier molecular flexibility index (Phi) is 6.33. The van der Waals surface area contributed by atoms with Crippen molar-refractivity contribution in [2.75, 3.05) is 0 Å². The summed E-state index contributed by atoms with van der Waals surface area (Å²) in [6.07, 6.45) is -5.08. The molecule has 0 saturated heterocycles. The van der Waals surface area contributed by atoms with Gasteiger partial charge in [0.25, 0.3) is 0 Å². The van der Waals surface area contributed by atoms with Crippen LogP contribution in [0.5, 0.6) is 11.5 Å². The smallest absolute Gasteiger partial charge is 0.426 e. The summed E-state index contributed by atoms with van der Waals surface area (Å²) in [7, 11) is 0. The van der Waals surface area contributed by atoms with Crippen molar-refractivity contribution < 1.29 is 27.4 Å². The van der Waals surface area contributed by atoms with E-state index in [4.69, 9.17) is 27.6 Å². The molecule has 0 heterocycles. The van der Waals surface area contributed by atoms with Crippen LogP contribution in [0.3, 0.4) is 0 Å². The molecule has 0 spiro atoms. The maximum atomic E-state index is 12.7. The Bertz CT molecular complexity index is 1030. The van der Waals surface area contributed by atoms with Gasteiger partial charge < -0.3 is 9.47 Å². The number of nitrogens with zero attached hydrogens (tertiary/aromatic N) is 1. The van der Waals surface area contributed by atoms with E-state index in [2.05, 4.69) is 4.85 Å². The van der Waals surface area contributed by atoms with Gasteiger partial charge in [0.2, 0.25) is 0 Å². The summed E-state index contributed by atoms with van der Waals surface area (Å²) in [5, 5.41) is -1.27. The van der Waals surface area contributed by atoms with Gasteiger partial charge in [-0.25, -0.2) is 6.57 Å². The fraction of sp³-hybridized carbons (Fsp3) is 0.304. The summed E-state index contributed by atoms with van der Waals surface area (Å²) < 4.78 is 49.3. The Morgan fingerprint density at radius 2 is 1.81 bits per heavy atom. The van der Waals surface area contributed by atoms with Crippen molar-refractivity contribution in [2.24, 2.45) is 17.3 Å². The number of rotatable bonds is 6. The number of esters is 1. The van der Waals surface area contributed by atoms with Crippen LogP contribution in [0.1, 0.15) is 25.6 Å². The van der Waals surface area contributed by atoms with E-state index in [1.807, 2.05) is 18.2 Å². The predicted octanol–water partition coefficient (Wildman–Crippen LogP) is 6.90. The number of para-hydroxylation sites is 1. The monoisotopic (exact) mass is 449 g/mol. The molecule has 0 amide bonds. The van der Waals surface area contributed by atoms with Crippen LogP contribution < -0.4 is 4.74 Å². The minimum Gasteiger partial charge on any atom is -0.457 e. The number of halogens is 4. The average molecular weight is 450 g/mol. The van der Waals surface area contributed by atoms with E-state index in [-0.39, 0.29) is 0 Å². The molecule has 8 heteroatoms. The number of hydrogen-bond acceptors (Lipinski definition) is 3. The van der Waals surface area contributed by atoms with Gasteiger partial charge in [-0.3, -0.25) is 9.64 Å². The lowest BCUT2D eigenvalue weighted by molar-refractivity contribution is -0.150. The molecule has 0 N–H and O–H groups in total.